The van der Waals surface area contributed by atoms with E-state index in [4.69, 9.17) is 5.73 Å². The predicted molar refractivity (Wildman–Crippen MR) is 68.9 cm³/mol. The smallest absolute Gasteiger partial charge is 0.233 e. The number of nitrogens with one attached hydrogen (secondary N) is 1. The maximum atomic E-state index is 12.0. The number of hydrogen-bond donors (Lipinski definition) is 2. The summed E-state index contributed by atoms with van der Waals surface area (Å²) in [5.74, 6) is -0.0161. The summed E-state index contributed by atoms with van der Waals surface area (Å²) >= 11 is 0. The summed E-state index contributed by atoms with van der Waals surface area (Å²) in [5.41, 5.74) is 7.21. The zero-order chi connectivity index (χ0) is 13.1. The zero-order valence-electron chi connectivity index (χ0n) is 10.3. The quantitative estimate of drug-likeness (QED) is 0.794. The van der Waals surface area contributed by atoms with E-state index in [1.807, 2.05) is 19.1 Å². The number of aryl methyl sites for hydroxylation is 1. The normalized spacial score (nSPS) is 12.1. The second-order valence-electron chi connectivity index (χ2n) is 4.09. The molecule has 0 fully saturated rings. The Morgan fingerprint density at radius 3 is 2.89 bits per heavy atom. The fraction of sp³-hybridized carbons (Fsp3) is 0.250. The van der Waals surface area contributed by atoms with Crippen molar-refractivity contribution in [1.29, 1.82) is 0 Å². The van der Waals surface area contributed by atoms with Crippen LogP contribution in [0, 0.1) is 0 Å². The number of nitrogen functional groups attached to an aromatic ring is 1. The highest BCUT2D eigenvalue weighted by atomic mass is 16.2. The highest BCUT2D eigenvalue weighted by Crippen LogP contribution is 2.19. The third kappa shape index (κ3) is 2.48. The molecule has 18 heavy (non-hydrogen) atoms. The number of carbonyl (C=O) groups excluding carboxylic acids is 1. The van der Waals surface area contributed by atoms with Gasteiger partial charge in [0.05, 0.1) is 5.92 Å². The Hall–Kier alpha value is -2.37. The molecule has 1 aromatic heterocycles. The standard InChI is InChI=1S/C12H15N5O/c1-8(9-4-3-5-10(13)6-9)11(18)16-12-14-7-15-17(12)2/h3-8H,13H2,1-2H3,(H,14,15,16,18). The molecule has 2 rings (SSSR count). The minimum Gasteiger partial charge on any atom is -0.399 e. The van der Waals surface area contributed by atoms with E-state index in [1.165, 1.54) is 11.0 Å². The van der Waals surface area contributed by atoms with E-state index in [2.05, 4.69) is 15.4 Å². The van der Waals surface area contributed by atoms with Gasteiger partial charge in [-0.15, -0.1) is 0 Å². The number of anilines is 2. The first-order chi connectivity index (χ1) is 8.58. The summed E-state index contributed by atoms with van der Waals surface area (Å²) in [6.45, 7) is 1.82. The molecule has 1 aromatic carbocycles. The maximum Gasteiger partial charge on any atom is 0.233 e. The van der Waals surface area contributed by atoms with E-state index in [-0.39, 0.29) is 11.8 Å². The van der Waals surface area contributed by atoms with Crippen molar-refractivity contribution in [2.24, 2.45) is 7.05 Å². The Morgan fingerprint density at radius 2 is 2.28 bits per heavy atom. The average molecular weight is 245 g/mol. The first kappa shape index (κ1) is 12.1. The molecular formula is C12H15N5O. The molecule has 0 aliphatic carbocycles. The third-order valence-electron chi connectivity index (χ3n) is 2.75. The highest BCUT2D eigenvalue weighted by molar-refractivity contribution is 5.94. The Bertz CT molecular complexity index is 563. The van der Waals surface area contributed by atoms with Gasteiger partial charge in [-0.2, -0.15) is 10.1 Å². The zero-order valence-corrected chi connectivity index (χ0v) is 10.3. The summed E-state index contributed by atoms with van der Waals surface area (Å²) in [4.78, 5) is 16.0. The summed E-state index contributed by atoms with van der Waals surface area (Å²) in [6.07, 6.45) is 1.39. The number of aromatic nitrogens is 3. The van der Waals surface area contributed by atoms with Crippen molar-refractivity contribution in [3.05, 3.63) is 36.2 Å². The lowest BCUT2D eigenvalue weighted by atomic mass is 10.00. The molecule has 3 N–H and O–H groups in total. The van der Waals surface area contributed by atoms with Crippen LogP contribution >= 0.6 is 0 Å². The molecule has 0 spiro atoms. The molecule has 0 bridgehead atoms. The number of carbonyl (C=O) groups is 1. The number of rotatable bonds is 3. The van der Waals surface area contributed by atoms with E-state index in [0.717, 1.165) is 5.56 Å². The van der Waals surface area contributed by atoms with Crippen molar-refractivity contribution in [1.82, 2.24) is 14.8 Å². The number of hydrogen-bond acceptors (Lipinski definition) is 4. The van der Waals surface area contributed by atoms with Crippen LogP contribution in [0.25, 0.3) is 0 Å². The van der Waals surface area contributed by atoms with Gasteiger partial charge in [0.15, 0.2) is 0 Å². The van der Waals surface area contributed by atoms with Crippen LogP contribution in [0.4, 0.5) is 11.6 Å². The van der Waals surface area contributed by atoms with Crippen LogP contribution < -0.4 is 11.1 Å². The molecule has 1 atom stereocenters. The van der Waals surface area contributed by atoms with Crippen LogP contribution in [0.3, 0.4) is 0 Å². The van der Waals surface area contributed by atoms with Crippen molar-refractivity contribution in [3.8, 4) is 0 Å². The van der Waals surface area contributed by atoms with Gasteiger partial charge >= 0.3 is 0 Å². The van der Waals surface area contributed by atoms with Crippen LogP contribution in [-0.4, -0.2) is 20.7 Å². The molecule has 0 aliphatic rings. The van der Waals surface area contributed by atoms with Gasteiger partial charge in [0.1, 0.15) is 6.33 Å². The highest BCUT2D eigenvalue weighted by Gasteiger charge is 2.17. The Morgan fingerprint density at radius 1 is 1.50 bits per heavy atom. The van der Waals surface area contributed by atoms with Crippen LogP contribution in [0.5, 0.6) is 0 Å². The fourth-order valence-electron chi connectivity index (χ4n) is 1.61. The lowest BCUT2D eigenvalue weighted by Gasteiger charge is -2.12. The molecule has 0 radical (unpaired) electrons. The molecule has 1 heterocycles. The number of amides is 1. The van der Waals surface area contributed by atoms with Crippen LogP contribution in [0.15, 0.2) is 30.6 Å². The lowest BCUT2D eigenvalue weighted by molar-refractivity contribution is -0.117. The van der Waals surface area contributed by atoms with E-state index < -0.39 is 0 Å². The first-order valence-corrected chi connectivity index (χ1v) is 5.58. The minimum absolute atomic E-state index is 0.142. The van der Waals surface area contributed by atoms with Gasteiger partial charge in [-0.3, -0.25) is 10.1 Å². The molecule has 1 amide bonds. The minimum atomic E-state index is -0.301. The SMILES string of the molecule is CC(C(=O)Nc1ncnn1C)c1cccc(N)c1. The van der Waals surface area contributed by atoms with E-state index >= 15 is 0 Å². The van der Waals surface area contributed by atoms with Gasteiger partial charge in [0, 0.05) is 12.7 Å². The summed E-state index contributed by atoms with van der Waals surface area (Å²) < 4.78 is 1.50. The largest absolute Gasteiger partial charge is 0.399 e. The average Bonchev–Trinajstić information content (AvgIpc) is 2.74. The number of benzene rings is 1. The molecule has 0 saturated heterocycles. The molecule has 2 aromatic rings. The fourth-order valence-corrected chi connectivity index (χ4v) is 1.61. The van der Waals surface area contributed by atoms with Gasteiger partial charge in [-0.1, -0.05) is 12.1 Å². The Kier molecular flexibility index (Phi) is 3.27. The van der Waals surface area contributed by atoms with Crippen LogP contribution in [0.1, 0.15) is 18.4 Å². The van der Waals surface area contributed by atoms with Crippen molar-refractivity contribution in [2.75, 3.05) is 11.1 Å². The maximum absolute atomic E-state index is 12.0. The summed E-state index contributed by atoms with van der Waals surface area (Å²) in [7, 11) is 1.72. The summed E-state index contributed by atoms with van der Waals surface area (Å²) in [5, 5.41) is 6.60. The topological polar surface area (TPSA) is 85.8 Å². The van der Waals surface area contributed by atoms with Gasteiger partial charge in [-0.25, -0.2) is 4.68 Å². The van der Waals surface area contributed by atoms with Crippen molar-refractivity contribution in [3.63, 3.8) is 0 Å². The molecule has 1 unspecified atom stereocenters. The Labute approximate surface area is 105 Å². The van der Waals surface area contributed by atoms with E-state index in [9.17, 15) is 4.79 Å². The van der Waals surface area contributed by atoms with Gasteiger partial charge in [-0.05, 0) is 24.6 Å². The first-order valence-electron chi connectivity index (χ1n) is 5.58. The van der Waals surface area contributed by atoms with Gasteiger partial charge in [0.2, 0.25) is 11.9 Å². The molecule has 6 nitrogen and oxygen atoms in total. The molecule has 6 heteroatoms. The van der Waals surface area contributed by atoms with E-state index in [0.29, 0.717) is 11.6 Å². The van der Waals surface area contributed by atoms with E-state index in [1.54, 1.807) is 19.2 Å². The Balaban J connectivity index is 2.12. The second-order valence-corrected chi connectivity index (χ2v) is 4.09. The third-order valence-corrected chi connectivity index (χ3v) is 2.75. The monoisotopic (exact) mass is 245 g/mol. The van der Waals surface area contributed by atoms with Gasteiger partial charge in [0.25, 0.3) is 0 Å². The molecule has 94 valence electrons. The van der Waals surface area contributed by atoms with Crippen molar-refractivity contribution in [2.45, 2.75) is 12.8 Å². The number of nitrogens with two attached hydrogens (primary N) is 1. The summed E-state index contributed by atoms with van der Waals surface area (Å²) in [6, 6.07) is 7.28. The second kappa shape index (κ2) is 4.87. The van der Waals surface area contributed by atoms with Crippen molar-refractivity contribution < 1.29 is 4.79 Å². The lowest BCUT2D eigenvalue weighted by Crippen LogP contribution is -2.21. The number of nitrogens with zero attached hydrogens (tertiary/aromatic N) is 3. The predicted octanol–water partition coefficient (Wildman–Crippen LogP) is 1.14. The van der Waals surface area contributed by atoms with Gasteiger partial charge < -0.3 is 5.73 Å². The molecule has 0 saturated carbocycles. The van der Waals surface area contributed by atoms with Crippen molar-refractivity contribution >= 4 is 17.5 Å². The van der Waals surface area contributed by atoms with Crippen LogP contribution in [-0.2, 0) is 11.8 Å². The molecule has 0 aliphatic heterocycles. The molecular weight excluding hydrogens is 230 g/mol. The van der Waals surface area contributed by atoms with Crippen LogP contribution in [0.2, 0.25) is 0 Å².